The number of allylic oxidation sites excluding steroid dienone is 4. The van der Waals surface area contributed by atoms with Crippen LogP contribution in [0.15, 0.2) is 24.3 Å². The Kier molecular flexibility index (Phi) is 34.3. The third kappa shape index (κ3) is 35.1. The van der Waals surface area contributed by atoms with Gasteiger partial charge in [-0.05, 0) is 18.9 Å². The van der Waals surface area contributed by atoms with Gasteiger partial charge in [0.05, 0.1) is 0 Å². The topological polar surface area (TPSA) is 17.1 Å². The summed E-state index contributed by atoms with van der Waals surface area (Å²) in [6.07, 6.45) is 52.2. The van der Waals surface area contributed by atoms with Gasteiger partial charge in [0.1, 0.15) is 0 Å². The first-order valence-corrected chi connectivity index (χ1v) is 17.1. The molecule has 0 aromatic carbocycles. The second kappa shape index (κ2) is 35.2. The number of carbonyl (C=O) groups excluding carboxylic acids is 1. The molecule has 0 atom stereocenters. The van der Waals surface area contributed by atoms with Gasteiger partial charge in [-0.3, -0.25) is 4.79 Å². The first kappa shape index (κ1) is 36.1. The molecule has 0 fully saturated rings. The molecule has 0 unspecified atom stereocenters. The summed E-state index contributed by atoms with van der Waals surface area (Å²) in [6, 6.07) is 0. The Morgan fingerprint density at radius 1 is 0.378 bits per heavy atom. The lowest BCUT2D eigenvalue weighted by atomic mass is 10.0. The van der Waals surface area contributed by atoms with Crippen LogP contribution in [0.1, 0.15) is 200 Å². The van der Waals surface area contributed by atoms with Crippen LogP contribution < -0.4 is 0 Å². The van der Waals surface area contributed by atoms with Crippen LogP contribution in [0.4, 0.5) is 0 Å². The Labute approximate surface area is 234 Å². The highest BCUT2D eigenvalue weighted by Gasteiger charge is 1.96. The van der Waals surface area contributed by atoms with E-state index in [0.29, 0.717) is 0 Å². The number of unbranched alkanes of at least 4 members (excludes halogenated alkanes) is 29. The van der Waals surface area contributed by atoms with Gasteiger partial charge in [-0.15, -0.1) is 0 Å². The fourth-order valence-corrected chi connectivity index (χ4v) is 5.38. The smallest absolute Gasteiger partial charge is 0.225 e. The standard InChI is InChI=1S/C36H67O/c1-2-3-4-5-6-7-8-9-10-11-12-13-14-15-16-17-18-19-20-21-22-23-24-25-26-27-28-29-30-31-32-33-34-35-36-37/h32-35H,2-31H2,1H3. The lowest BCUT2D eigenvalue weighted by molar-refractivity contribution is 0.513. The summed E-state index contributed by atoms with van der Waals surface area (Å²) in [5, 5.41) is 0. The summed E-state index contributed by atoms with van der Waals surface area (Å²) in [4.78, 5) is 10.0. The maximum absolute atomic E-state index is 10.0. The molecule has 0 spiro atoms. The maximum atomic E-state index is 10.0. The summed E-state index contributed by atoms with van der Waals surface area (Å²) < 4.78 is 0. The van der Waals surface area contributed by atoms with E-state index >= 15 is 0 Å². The van der Waals surface area contributed by atoms with Crippen molar-refractivity contribution in [2.75, 3.05) is 0 Å². The van der Waals surface area contributed by atoms with Crippen LogP contribution in [0.2, 0.25) is 0 Å². The fraction of sp³-hybridized carbons (Fsp3) is 0.861. The molecule has 0 aliphatic rings. The predicted molar refractivity (Wildman–Crippen MR) is 168 cm³/mol. The summed E-state index contributed by atoms with van der Waals surface area (Å²) in [5.41, 5.74) is 0. The largest absolute Gasteiger partial charge is 0.286 e. The monoisotopic (exact) mass is 516 g/mol. The molecule has 37 heavy (non-hydrogen) atoms. The van der Waals surface area contributed by atoms with Gasteiger partial charge in [-0.1, -0.05) is 205 Å². The van der Waals surface area contributed by atoms with E-state index in [4.69, 9.17) is 0 Å². The Bertz CT molecular complexity index is 463. The summed E-state index contributed by atoms with van der Waals surface area (Å²) >= 11 is 0. The fourth-order valence-electron chi connectivity index (χ4n) is 5.38. The third-order valence-corrected chi connectivity index (χ3v) is 7.89. The van der Waals surface area contributed by atoms with Gasteiger partial charge in [0.2, 0.25) is 6.29 Å². The molecule has 0 aromatic rings. The molecular formula is C36H67O. The third-order valence-electron chi connectivity index (χ3n) is 7.89. The minimum atomic E-state index is 1.13. The molecule has 0 bridgehead atoms. The molecule has 1 nitrogen and oxygen atoms in total. The zero-order valence-corrected chi connectivity index (χ0v) is 25.4. The quantitative estimate of drug-likeness (QED) is 0.0494. The second-order valence-corrected chi connectivity index (χ2v) is 11.6. The van der Waals surface area contributed by atoms with Crippen LogP contribution in [0.25, 0.3) is 0 Å². The number of rotatable bonds is 32. The van der Waals surface area contributed by atoms with Crippen molar-refractivity contribution < 1.29 is 4.79 Å². The van der Waals surface area contributed by atoms with E-state index in [9.17, 15) is 4.79 Å². The van der Waals surface area contributed by atoms with E-state index in [-0.39, 0.29) is 0 Å². The van der Waals surface area contributed by atoms with Gasteiger partial charge in [0, 0.05) is 0 Å². The van der Waals surface area contributed by atoms with Gasteiger partial charge in [-0.2, -0.15) is 0 Å². The Hall–Kier alpha value is -0.850. The van der Waals surface area contributed by atoms with E-state index in [1.165, 1.54) is 192 Å². The molecule has 1 heteroatoms. The zero-order valence-electron chi connectivity index (χ0n) is 25.4. The van der Waals surface area contributed by atoms with Crippen molar-refractivity contribution >= 4 is 6.29 Å². The molecule has 0 aliphatic carbocycles. The van der Waals surface area contributed by atoms with Gasteiger partial charge in [-0.25, -0.2) is 0 Å². The van der Waals surface area contributed by atoms with Crippen LogP contribution in [0.3, 0.4) is 0 Å². The summed E-state index contributed by atoms with van der Waals surface area (Å²) in [5.74, 6) is 0. The van der Waals surface area contributed by atoms with Crippen molar-refractivity contribution in [1.82, 2.24) is 0 Å². The highest BCUT2D eigenvalue weighted by atomic mass is 16.1. The van der Waals surface area contributed by atoms with Crippen molar-refractivity contribution in [2.45, 2.75) is 200 Å². The van der Waals surface area contributed by atoms with Crippen LogP contribution in [-0.2, 0) is 4.79 Å². The molecule has 217 valence electrons. The molecule has 0 N–H and O–H groups in total. The zero-order chi connectivity index (χ0) is 26.7. The molecule has 0 aliphatic heterocycles. The molecule has 0 aromatic heterocycles. The SMILES string of the molecule is CCCCCCCCCCCCCCCCCCCCCCCCCCCCCCCC=CC=C[C]=O. The number of hydrogen-bond acceptors (Lipinski definition) is 1. The minimum absolute atomic E-state index is 1.13. The number of hydrogen-bond donors (Lipinski definition) is 0. The lowest BCUT2D eigenvalue weighted by Gasteiger charge is -2.04. The van der Waals surface area contributed by atoms with Crippen molar-refractivity contribution in [3.63, 3.8) is 0 Å². The predicted octanol–water partition coefficient (Wildman–Crippen LogP) is 12.9. The van der Waals surface area contributed by atoms with Crippen molar-refractivity contribution in [3.05, 3.63) is 24.3 Å². The van der Waals surface area contributed by atoms with E-state index in [2.05, 4.69) is 13.0 Å². The van der Waals surface area contributed by atoms with Crippen molar-refractivity contribution in [1.29, 1.82) is 0 Å². The highest BCUT2D eigenvalue weighted by molar-refractivity contribution is 5.66. The average Bonchev–Trinajstić information content (AvgIpc) is 2.91. The van der Waals surface area contributed by atoms with E-state index in [0.717, 1.165) is 6.42 Å². The van der Waals surface area contributed by atoms with E-state index in [1.54, 1.807) is 12.4 Å². The first-order valence-electron chi connectivity index (χ1n) is 17.1. The Morgan fingerprint density at radius 3 is 0.919 bits per heavy atom. The van der Waals surface area contributed by atoms with Crippen molar-refractivity contribution in [3.8, 4) is 0 Å². The highest BCUT2D eigenvalue weighted by Crippen LogP contribution is 2.16. The Morgan fingerprint density at radius 2 is 0.649 bits per heavy atom. The second-order valence-electron chi connectivity index (χ2n) is 11.6. The van der Waals surface area contributed by atoms with Crippen LogP contribution in [-0.4, -0.2) is 6.29 Å². The van der Waals surface area contributed by atoms with Gasteiger partial charge >= 0.3 is 0 Å². The molecule has 1 radical (unpaired) electrons. The molecule has 0 rings (SSSR count). The van der Waals surface area contributed by atoms with E-state index in [1.807, 2.05) is 6.08 Å². The molecular weight excluding hydrogens is 448 g/mol. The maximum Gasteiger partial charge on any atom is 0.225 e. The van der Waals surface area contributed by atoms with Crippen molar-refractivity contribution in [2.24, 2.45) is 0 Å². The van der Waals surface area contributed by atoms with E-state index < -0.39 is 0 Å². The summed E-state index contributed by atoms with van der Waals surface area (Å²) in [7, 11) is 0. The molecule has 0 heterocycles. The normalized spacial score (nSPS) is 11.8. The van der Waals surface area contributed by atoms with Gasteiger partial charge in [0.25, 0.3) is 0 Å². The molecule has 0 saturated heterocycles. The Balaban J connectivity index is 3.05. The lowest BCUT2D eigenvalue weighted by Crippen LogP contribution is -1.85. The average molecular weight is 516 g/mol. The molecule has 0 saturated carbocycles. The van der Waals surface area contributed by atoms with Gasteiger partial charge < -0.3 is 0 Å². The van der Waals surface area contributed by atoms with Gasteiger partial charge in [0.15, 0.2) is 0 Å². The van der Waals surface area contributed by atoms with Crippen LogP contribution >= 0.6 is 0 Å². The van der Waals surface area contributed by atoms with Crippen LogP contribution in [0.5, 0.6) is 0 Å². The minimum Gasteiger partial charge on any atom is -0.286 e. The first-order chi connectivity index (χ1) is 18.4. The summed E-state index contributed by atoms with van der Waals surface area (Å²) in [6.45, 7) is 2.30. The molecule has 0 amide bonds. The van der Waals surface area contributed by atoms with Crippen LogP contribution in [0, 0.1) is 0 Å².